The third kappa shape index (κ3) is 3.52. The maximum absolute atomic E-state index is 13.3. The van der Waals surface area contributed by atoms with Gasteiger partial charge in [0.15, 0.2) is 11.6 Å². The quantitative estimate of drug-likeness (QED) is 0.903. The van der Waals surface area contributed by atoms with Crippen molar-refractivity contribution in [3.63, 3.8) is 0 Å². The van der Waals surface area contributed by atoms with Gasteiger partial charge >= 0.3 is 0 Å². The number of nitrogens with one attached hydrogen (secondary N) is 1. The summed E-state index contributed by atoms with van der Waals surface area (Å²) in [6, 6.07) is 10.9. The smallest absolute Gasteiger partial charge is 0.232 e. The van der Waals surface area contributed by atoms with Crippen LogP contribution in [-0.2, 0) is 16.1 Å². The van der Waals surface area contributed by atoms with Gasteiger partial charge in [0.2, 0.25) is 11.8 Å². The molecule has 6 heteroatoms. The highest BCUT2D eigenvalue weighted by atomic mass is 19.2. The second kappa shape index (κ2) is 7.01. The highest BCUT2D eigenvalue weighted by Crippen LogP contribution is 2.34. The van der Waals surface area contributed by atoms with Crippen molar-refractivity contribution in [2.75, 3.05) is 11.9 Å². The highest BCUT2D eigenvalue weighted by Gasteiger charge is 2.33. The van der Waals surface area contributed by atoms with Crippen molar-refractivity contribution in [2.45, 2.75) is 25.8 Å². The van der Waals surface area contributed by atoms with Crippen LogP contribution in [0.4, 0.5) is 14.5 Å². The Labute approximate surface area is 144 Å². The van der Waals surface area contributed by atoms with Gasteiger partial charge in [0.25, 0.3) is 0 Å². The van der Waals surface area contributed by atoms with E-state index < -0.39 is 17.6 Å². The molecule has 1 atom stereocenters. The molecule has 0 saturated heterocycles. The number of carbonyl (C=O) groups excluding carboxylic acids is 2. The van der Waals surface area contributed by atoms with Crippen LogP contribution in [0.15, 0.2) is 42.5 Å². The molecular formula is C19H18F2N2O2. The molecule has 2 amide bonds. The lowest BCUT2D eigenvalue weighted by atomic mass is 9.96. The molecule has 0 aromatic heterocycles. The van der Waals surface area contributed by atoms with E-state index in [1.165, 1.54) is 11.0 Å². The zero-order chi connectivity index (χ0) is 18.0. The van der Waals surface area contributed by atoms with Crippen molar-refractivity contribution in [3.05, 3.63) is 65.2 Å². The lowest BCUT2D eigenvalue weighted by Crippen LogP contribution is -2.32. The largest absolute Gasteiger partial charge is 0.339 e. The number of para-hydroxylation sites is 1. The summed E-state index contributed by atoms with van der Waals surface area (Å²) in [5, 5.41) is 2.77. The SMILES string of the molecule is CCN(Cc1ccc(F)c(F)c1)C(=O)CC1C(=O)Nc2ccccc21. The van der Waals surface area contributed by atoms with Crippen molar-refractivity contribution in [1.82, 2.24) is 4.90 Å². The second-order valence-corrected chi connectivity index (χ2v) is 5.99. The second-order valence-electron chi connectivity index (χ2n) is 5.99. The monoisotopic (exact) mass is 344 g/mol. The normalized spacial score (nSPS) is 15.6. The molecule has 1 aliphatic heterocycles. The molecule has 3 rings (SSSR count). The third-order valence-electron chi connectivity index (χ3n) is 4.38. The van der Waals surface area contributed by atoms with Crippen molar-refractivity contribution in [2.24, 2.45) is 0 Å². The predicted molar refractivity (Wildman–Crippen MR) is 89.9 cm³/mol. The maximum Gasteiger partial charge on any atom is 0.232 e. The molecule has 1 N–H and O–H groups in total. The van der Waals surface area contributed by atoms with E-state index in [0.717, 1.165) is 23.4 Å². The number of fused-ring (bicyclic) bond motifs is 1. The van der Waals surface area contributed by atoms with Crippen molar-refractivity contribution in [1.29, 1.82) is 0 Å². The summed E-state index contributed by atoms with van der Waals surface area (Å²) in [5.41, 5.74) is 2.05. The summed E-state index contributed by atoms with van der Waals surface area (Å²) in [4.78, 5) is 26.3. The maximum atomic E-state index is 13.3. The Morgan fingerprint density at radius 1 is 1.16 bits per heavy atom. The van der Waals surface area contributed by atoms with E-state index in [2.05, 4.69) is 5.32 Å². The van der Waals surface area contributed by atoms with Crippen molar-refractivity contribution >= 4 is 17.5 Å². The van der Waals surface area contributed by atoms with Crippen molar-refractivity contribution in [3.8, 4) is 0 Å². The number of amides is 2. The van der Waals surface area contributed by atoms with Crippen molar-refractivity contribution < 1.29 is 18.4 Å². The number of benzene rings is 2. The van der Waals surface area contributed by atoms with Gasteiger partial charge in [-0.2, -0.15) is 0 Å². The molecule has 0 fully saturated rings. The number of anilines is 1. The summed E-state index contributed by atoms with van der Waals surface area (Å²) in [6.45, 7) is 2.39. The summed E-state index contributed by atoms with van der Waals surface area (Å²) < 4.78 is 26.4. The van der Waals surface area contributed by atoms with Gasteiger partial charge in [0.05, 0.1) is 5.92 Å². The number of rotatable bonds is 5. The minimum Gasteiger partial charge on any atom is -0.339 e. The number of carbonyl (C=O) groups is 2. The summed E-state index contributed by atoms with van der Waals surface area (Å²) in [6.07, 6.45) is 0.0420. The number of hydrogen-bond acceptors (Lipinski definition) is 2. The van der Waals surface area contributed by atoms with Gasteiger partial charge in [-0.25, -0.2) is 8.78 Å². The van der Waals surface area contributed by atoms with Crippen LogP contribution >= 0.6 is 0 Å². The molecular weight excluding hydrogens is 326 g/mol. The molecule has 0 aliphatic carbocycles. The Kier molecular flexibility index (Phi) is 4.79. The summed E-state index contributed by atoms with van der Waals surface area (Å²) in [5.74, 6) is -2.78. The third-order valence-corrected chi connectivity index (χ3v) is 4.38. The molecule has 130 valence electrons. The Balaban J connectivity index is 1.72. The first kappa shape index (κ1) is 17.1. The molecule has 0 bridgehead atoms. The minimum atomic E-state index is -0.940. The Morgan fingerprint density at radius 2 is 1.92 bits per heavy atom. The van der Waals surface area contributed by atoms with E-state index in [-0.39, 0.29) is 24.8 Å². The Bertz CT molecular complexity index is 823. The van der Waals surface area contributed by atoms with E-state index in [1.54, 1.807) is 13.0 Å². The van der Waals surface area contributed by atoms with E-state index in [1.807, 2.05) is 18.2 Å². The molecule has 25 heavy (non-hydrogen) atoms. The zero-order valence-electron chi connectivity index (χ0n) is 13.8. The molecule has 2 aromatic rings. The van der Waals surface area contributed by atoms with Gasteiger partial charge in [0, 0.05) is 25.2 Å². The molecule has 1 heterocycles. The molecule has 0 spiro atoms. The lowest BCUT2D eigenvalue weighted by Gasteiger charge is -2.22. The fourth-order valence-electron chi connectivity index (χ4n) is 3.02. The first-order valence-corrected chi connectivity index (χ1v) is 8.11. The van der Waals surface area contributed by atoms with Crippen LogP contribution in [0, 0.1) is 11.6 Å². The first-order chi connectivity index (χ1) is 12.0. The van der Waals surface area contributed by atoms with Crippen LogP contribution in [0.5, 0.6) is 0 Å². The molecule has 0 saturated carbocycles. The molecule has 1 unspecified atom stereocenters. The topological polar surface area (TPSA) is 49.4 Å². The fourth-order valence-corrected chi connectivity index (χ4v) is 3.02. The lowest BCUT2D eigenvalue weighted by molar-refractivity contribution is -0.133. The van der Waals surface area contributed by atoms with Gasteiger partial charge in [0.1, 0.15) is 0 Å². The van der Waals surface area contributed by atoms with Gasteiger partial charge in [-0.05, 0) is 36.2 Å². The van der Waals surface area contributed by atoms with Crippen LogP contribution in [-0.4, -0.2) is 23.3 Å². The average molecular weight is 344 g/mol. The standard InChI is InChI=1S/C19H18F2N2O2/c1-2-23(11-12-7-8-15(20)16(21)9-12)18(24)10-14-13-5-3-4-6-17(13)22-19(14)25/h3-9,14H,2,10-11H2,1H3,(H,22,25). The van der Waals surface area contributed by atoms with Gasteiger partial charge in [-0.15, -0.1) is 0 Å². The molecule has 2 aromatic carbocycles. The van der Waals surface area contributed by atoms with Gasteiger partial charge in [-0.3, -0.25) is 9.59 Å². The highest BCUT2D eigenvalue weighted by molar-refractivity contribution is 6.04. The zero-order valence-corrected chi connectivity index (χ0v) is 13.8. The van der Waals surface area contributed by atoms with Crippen LogP contribution < -0.4 is 5.32 Å². The Hall–Kier alpha value is -2.76. The summed E-state index contributed by atoms with van der Waals surface area (Å²) >= 11 is 0. The Morgan fingerprint density at radius 3 is 2.64 bits per heavy atom. The van der Waals surface area contributed by atoms with E-state index in [9.17, 15) is 18.4 Å². The average Bonchev–Trinajstić information content (AvgIpc) is 2.91. The molecule has 4 nitrogen and oxygen atoms in total. The van der Waals surface area contributed by atoms with E-state index in [0.29, 0.717) is 12.1 Å². The van der Waals surface area contributed by atoms with Gasteiger partial charge in [-0.1, -0.05) is 24.3 Å². The van der Waals surface area contributed by atoms with E-state index in [4.69, 9.17) is 0 Å². The number of halogens is 2. The predicted octanol–water partition coefficient (Wildman–Crippen LogP) is 3.44. The minimum absolute atomic E-state index is 0.0420. The fraction of sp³-hybridized carbons (Fsp3) is 0.263. The van der Waals surface area contributed by atoms with Crippen LogP contribution in [0.1, 0.15) is 30.4 Å². The van der Waals surface area contributed by atoms with Crippen LogP contribution in [0.25, 0.3) is 0 Å². The first-order valence-electron chi connectivity index (χ1n) is 8.11. The molecule has 1 aliphatic rings. The number of hydrogen-bond donors (Lipinski definition) is 1. The van der Waals surface area contributed by atoms with Crippen LogP contribution in [0.3, 0.4) is 0 Å². The van der Waals surface area contributed by atoms with Crippen LogP contribution in [0.2, 0.25) is 0 Å². The summed E-state index contributed by atoms with van der Waals surface area (Å²) in [7, 11) is 0. The van der Waals surface area contributed by atoms with Gasteiger partial charge < -0.3 is 10.2 Å². The van der Waals surface area contributed by atoms with E-state index >= 15 is 0 Å². The number of nitrogens with zero attached hydrogens (tertiary/aromatic N) is 1. The molecule has 0 radical (unpaired) electrons.